The van der Waals surface area contributed by atoms with Crippen LogP contribution < -0.4 is 4.90 Å². The molecule has 48 heavy (non-hydrogen) atoms. The summed E-state index contributed by atoms with van der Waals surface area (Å²) in [5.74, 6) is 0.576. The molecule has 7 aromatic carbocycles. The molecule has 10 aromatic rings. The zero-order chi connectivity index (χ0) is 31.6. The molecule has 0 aliphatic carbocycles. The van der Waals surface area contributed by atoms with Crippen LogP contribution in [0.3, 0.4) is 0 Å². The van der Waals surface area contributed by atoms with E-state index in [-0.39, 0.29) is 0 Å². The van der Waals surface area contributed by atoms with Gasteiger partial charge in [-0.15, -0.1) is 0 Å². The third kappa shape index (κ3) is 4.22. The molecule has 10 rings (SSSR count). The number of rotatable bonds is 5. The third-order valence-electron chi connectivity index (χ3n) is 9.10. The van der Waals surface area contributed by atoms with Crippen LogP contribution in [-0.2, 0) is 0 Å². The van der Waals surface area contributed by atoms with Gasteiger partial charge in [0.2, 0.25) is 5.89 Å². The Labute approximate surface area is 274 Å². The van der Waals surface area contributed by atoms with Gasteiger partial charge in [-0.05, 0) is 77.9 Å². The molecule has 3 aromatic heterocycles. The summed E-state index contributed by atoms with van der Waals surface area (Å²) in [5.41, 5.74) is 11.0. The summed E-state index contributed by atoms with van der Waals surface area (Å²) < 4.78 is 19.1. The zero-order valence-electron chi connectivity index (χ0n) is 25.6. The van der Waals surface area contributed by atoms with Crippen molar-refractivity contribution in [1.82, 2.24) is 4.98 Å². The summed E-state index contributed by atoms with van der Waals surface area (Å²) in [5, 5.41) is 4.17. The number of benzene rings is 7. The van der Waals surface area contributed by atoms with Crippen LogP contribution in [0.2, 0.25) is 0 Å². The lowest BCUT2D eigenvalue weighted by Gasteiger charge is -2.26. The fourth-order valence-electron chi connectivity index (χ4n) is 6.88. The number of anilines is 3. The molecule has 0 saturated carbocycles. The average molecular weight is 619 g/mol. The van der Waals surface area contributed by atoms with Gasteiger partial charge in [-0.3, -0.25) is 0 Å². The molecule has 0 saturated heterocycles. The summed E-state index contributed by atoms with van der Waals surface area (Å²) >= 11 is 0. The van der Waals surface area contributed by atoms with Crippen LogP contribution in [0, 0.1) is 0 Å². The highest BCUT2D eigenvalue weighted by Gasteiger charge is 2.20. The SMILES string of the molecule is c1ccc(-c2cccc(N(c3ccc4c(c3)oc3ccccc34)c3ccc4c(c3)oc3cccc(-c5nc6ccccc6o5)c34)c2)cc1. The van der Waals surface area contributed by atoms with Crippen molar-refractivity contribution in [3.8, 4) is 22.6 Å². The number of aromatic nitrogens is 1. The average Bonchev–Trinajstić information content (AvgIpc) is 3.85. The van der Waals surface area contributed by atoms with Crippen molar-refractivity contribution in [2.75, 3.05) is 4.90 Å². The molecule has 3 heterocycles. The predicted octanol–water partition coefficient (Wildman–Crippen LogP) is 12.4. The van der Waals surface area contributed by atoms with Crippen molar-refractivity contribution in [1.29, 1.82) is 0 Å². The maximum absolute atomic E-state index is 6.54. The Hall–Kier alpha value is -6.59. The molecule has 0 bridgehead atoms. The standard InChI is InChI=1S/C43H26N2O3/c1-2-10-27(11-3-1)28-12-8-13-29(24-28)45(30-20-22-33-32-14-4-6-17-37(32)46-40(33)25-30)31-21-23-34-41(26-31)47-39-19-9-15-35(42(34)39)43-44-36-16-5-7-18-38(36)48-43/h1-26H. The molecule has 5 nitrogen and oxygen atoms in total. The van der Waals surface area contributed by atoms with Crippen LogP contribution in [-0.4, -0.2) is 4.98 Å². The van der Waals surface area contributed by atoms with Crippen molar-refractivity contribution in [2.24, 2.45) is 0 Å². The summed E-state index contributed by atoms with van der Waals surface area (Å²) in [6.45, 7) is 0. The van der Waals surface area contributed by atoms with Crippen molar-refractivity contribution in [3.05, 3.63) is 158 Å². The summed E-state index contributed by atoms with van der Waals surface area (Å²) in [6, 6.07) is 53.9. The monoisotopic (exact) mass is 618 g/mol. The Bertz CT molecular complexity index is 2770. The lowest BCUT2D eigenvalue weighted by atomic mass is 10.0. The van der Waals surface area contributed by atoms with Gasteiger partial charge < -0.3 is 18.2 Å². The van der Waals surface area contributed by atoms with Crippen molar-refractivity contribution < 1.29 is 13.3 Å². The topological polar surface area (TPSA) is 55.6 Å². The second kappa shape index (κ2) is 10.5. The molecular weight excluding hydrogens is 592 g/mol. The number of nitrogens with zero attached hydrogens (tertiary/aromatic N) is 2. The van der Waals surface area contributed by atoms with E-state index >= 15 is 0 Å². The minimum atomic E-state index is 0.576. The Morgan fingerprint density at radius 2 is 1.02 bits per heavy atom. The summed E-state index contributed by atoms with van der Waals surface area (Å²) in [6.07, 6.45) is 0. The summed E-state index contributed by atoms with van der Waals surface area (Å²) in [4.78, 5) is 7.05. The smallest absolute Gasteiger partial charge is 0.228 e. The van der Waals surface area contributed by atoms with Crippen molar-refractivity contribution in [2.45, 2.75) is 0 Å². The van der Waals surface area contributed by atoms with E-state index in [4.69, 9.17) is 18.2 Å². The van der Waals surface area contributed by atoms with Gasteiger partial charge in [-0.1, -0.05) is 78.9 Å². The Balaban J connectivity index is 1.16. The molecule has 0 fully saturated rings. The maximum atomic E-state index is 6.54. The lowest BCUT2D eigenvalue weighted by molar-refractivity contribution is 0.620. The number of oxazole rings is 1. The van der Waals surface area contributed by atoms with Gasteiger partial charge in [0, 0.05) is 56.3 Å². The first-order valence-corrected chi connectivity index (χ1v) is 15.9. The van der Waals surface area contributed by atoms with Crippen LogP contribution >= 0.6 is 0 Å². The first-order chi connectivity index (χ1) is 23.8. The number of hydrogen-bond acceptors (Lipinski definition) is 5. The second-order valence-electron chi connectivity index (χ2n) is 12.0. The Kier molecular flexibility index (Phi) is 5.81. The van der Waals surface area contributed by atoms with Crippen LogP contribution in [0.5, 0.6) is 0 Å². The quantitative estimate of drug-likeness (QED) is 0.192. The van der Waals surface area contributed by atoms with Crippen molar-refractivity contribution in [3.63, 3.8) is 0 Å². The second-order valence-corrected chi connectivity index (χ2v) is 12.0. The first-order valence-electron chi connectivity index (χ1n) is 15.9. The van der Waals surface area contributed by atoms with E-state index in [1.54, 1.807) is 0 Å². The number of fused-ring (bicyclic) bond motifs is 7. The molecule has 0 amide bonds. The molecular formula is C43H26N2O3. The van der Waals surface area contributed by atoms with Crippen LogP contribution in [0.4, 0.5) is 17.1 Å². The maximum Gasteiger partial charge on any atom is 0.228 e. The molecule has 0 aliphatic rings. The summed E-state index contributed by atoms with van der Waals surface area (Å²) in [7, 11) is 0. The van der Waals surface area contributed by atoms with Gasteiger partial charge in [-0.25, -0.2) is 4.98 Å². The predicted molar refractivity (Wildman–Crippen MR) is 194 cm³/mol. The van der Waals surface area contributed by atoms with Gasteiger partial charge in [-0.2, -0.15) is 0 Å². The fraction of sp³-hybridized carbons (Fsp3) is 0. The van der Waals surface area contributed by atoms with E-state index in [0.29, 0.717) is 5.89 Å². The normalized spacial score (nSPS) is 11.8. The number of hydrogen-bond donors (Lipinski definition) is 0. The molecule has 0 radical (unpaired) electrons. The van der Waals surface area contributed by atoms with E-state index in [1.807, 2.05) is 66.7 Å². The van der Waals surface area contributed by atoms with E-state index in [1.165, 1.54) is 0 Å². The Morgan fingerprint density at radius 1 is 0.396 bits per heavy atom. The highest BCUT2D eigenvalue weighted by molar-refractivity contribution is 6.13. The largest absolute Gasteiger partial charge is 0.456 e. The minimum absolute atomic E-state index is 0.576. The van der Waals surface area contributed by atoms with E-state index < -0.39 is 0 Å². The molecule has 226 valence electrons. The molecule has 0 unspecified atom stereocenters. The minimum Gasteiger partial charge on any atom is -0.456 e. The van der Waals surface area contributed by atoms with Crippen molar-refractivity contribution >= 4 is 72.0 Å². The van der Waals surface area contributed by atoms with Gasteiger partial charge in [0.05, 0.1) is 0 Å². The first kappa shape index (κ1) is 26.6. The van der Waals surface area contributed by atoms with Crippen LogP contribution in [0.25, 0.3) is 77.6 Å². The fourth-order valence-corrected chi connectivity index (χ4v) is 6.88. The Morgan fingerprint density at radius 3 is 1.88 bits per heavy atom. The molecule has 0 atom stereocenters. The molecule has 0 N–H and O–H groups in total. The van der Waals surface area contributed by atoms with E-state index in [9.17, 15) is 0 Å². The van der Waals surface area contributed by atoms with Gasteiger partial charge in [0.25, 0.3) is 0 Å². The van der Waals surface area contributed by atoms with Gasteiger partial charge in [0.1, 0.15) is 27.8 Å². The third-order valence-corrected chi connectivity index (χ3v) is 9.10. The molecule has 5 heteroatoms. The van der Waals surface area contributed by atoms with Crippen LogP contribution in [0.1, 0.15) is 0 Å². The highest BCUT2D eigenvalue weighted by Crippen LogP contribution is 2.43. The van der Waals surface area contributed by atoms with E-state index in [2.05, 4.69) is 95.9 Å². The number of para-hydroxylation sites is 3. The van der Waals surface area contributed by atoms with Crippen LogP contribution in [0.15, 0.2) is 171 Å². The van der Waals surface area contributed by atoms with Gasteiger partial charge >= 0.3 is 0 Å². The van der Waals surface area contributed by atoms with E-state index in [0.717, 1.165) is 88.7 Å². The molecule has 0 aliphatic heterocycles. The van der Waals surface area contributed by atoms with Gasteiger partial charge in [0.15, 0.2) is 5.58 Å². The molecule has 0 spiro atoms. The zero-order valence-corrected chi connectivity index (χ0v) is 25.6. The number of furan rings is 2. The highest BCUT2D eigenvalue weighted by atomic mass is 16.4. The lowest BCUT2D eigenvalue weighted by Crippen LogP contribution is -2.09.